The van der Waals surface area contributed by atoms with E-state index in [9.17, 15) is 4.79 Å². The molecule has 1 amide bonds. The van der Waals surface area contributed by atoms with Crippen molar-refractivity contribution in [2.45, 2.75) is 39.2 Å². The van der Waals surface area contributed by atoms with Gasteiger partial charge in [-0.25, -0.2) is 0 Å². The average Bonchev–Trinajstić information content (AvgIpc) is 2.76. The highest BCUT2D eigenvalue weighted by atomic mass is 16.1. The Labute approximate surface area is 109 Å². The van der Waals surface area contributed by atoms with Gasteiger partial charge in [0.05, 0.1) is 0 Å². The normalized spacial score (nSPS) is 22.8. The Morgan fingerprint density at radius 3 is 2.67 bits per heavy atom. The lowest BCUT2D eigenvalue weighted by Gasteiger charge is -2.20. The molecule has 2 unspecified atom stereocenters. The third-order valence-electron chi connectivity index (χ3n) is 3.92. The number of anilines is 1. The Morgan fingerprint density at radius 2 is 2.11 bits per heavy atom. The number of rotatable bonds is 3. The van der Waals surface area contributed by atoms with E-state index in [0.717, 1.165) is 22.7 Å². The first-order valence-corrected chi connectivity index (χ1v) is 6.71. The molecule has 0 radical (unpaired) electrons. The fourth-order valence-electron chi connectivity index (χ4n) is 2.67. The van der Waals surface area contributed by atoms with Gasteiger partial charge in [0.2, 0.25) is 0 Å². The average molecular weight is 246 g/mol. The van der Waals surface area contributed by atoms with Gasteiger partial charge in [0, 0.05) is 24.3 Å². The van der Waals surface area contributed by atoms with Crippen molar-refractivity contribution in [1.29, 1.82) is 0 Å². The molecule has 98 valence electrons. The summed E-state index contributed by atoms with van der Waals surface area (Å²) < 4.78 is 0. The summed E-state index contributed by atoms with van der Waals surface area (Å²) in [6, 6.07) is 6.43. The first-order chi connectivity index (χ1) is 8.61. The van der Waals surface area contributed by atoms with Crippen molar-refractivity contribution in [3.8, 4) is 0 Å². The van der Waals surface area contributed by atoms with Crippen molar-refractivity contribution in [1.82, 2.24) is 5.32 Å². The fraction of sp³-hybridized carbons (Fsp3) is 0.533. The van der Waals surface area contributed by atoms with E-state index < -0.39 is 0 Å². The van der Waals surface area contributed by atoms with Crippen LogP contribution in [0, 0.1) is 12.8 Å². The van der Waals surface area contributed by atoms with Gasteiger partial charge in [0.1, 0.15) is 0 Å². The highest BCUT2D eigenvalue weighted by Crippen LogP contribution is 2.29. The summed E-state index contributed by atoms with van der Waals surface area (Å²) in [7, 11) is 1.66. The molecule has 1 fully saturated rings. The van der Waals surface area contributed by atoms with Crippen LogP contribution in [0.2, 0.25) is 0 Å². The van der Waals surface area contributed by atoms with Gasteiger partial charge in [0.25, 0.3) is 5.91 Å². The van der Waals surface area contributed by atoms with E-state index in [-0.39, 0.29) is 5.91 Å². The fourth-order valence-corrected chi connectivity index (χ4v) is 2.67. The molecule has 18 heavy (non-hydrogen) atoms. The van der Waals surface area contributed by atoms with E-state index in [1.54, 1.807) is 7.05 Å². The number of amides is 1. The lowest BCUT2D eigenvalue weighted by molar-refractivity contribution is 0.0963. The first kappa shape index (κ1) is 12.9. The number of carbonyl (C=O) groups excluding carboxylic acids is 1. The van der Waals surface area contributed by atoms with Crippen molar-refractivity contribution < 1.29 is 4.79 Å². The molecule has 0 saturated heterocycles. The molecule has 0 bridgehead atoms. The Bertz CT molecular complexity index is 442. The van der Waals surface area contributed by atoms with Crippen LogP contribution in [0.4, 0.5) is 5.69 Å². The van der Waals surface area contributed by atoms with Crippen molar-refractivity contribution in [2.24, 2.45) is 5.92 Å². The van der Waals surface area contributed by atoms with E-state index in [1.807, 2.05) is 25.1 Å². The van der Waals surface area contributed by atoms with Crippen LogP contribution in [-0.4, -0.2) is 19.0 Å². The molecular formula is C15H22N2O. The molecule has 0 aliphatic heterocycles. The molecule has 1 aromatic rings. The van der Waals surface area contributed by atoms with Gasteiger partial charge in [0.15, 0.2) is 0 Å². The summed E-state index contributed by atoms with van der Waals surface area (Å²) >= 11 is 0. The van der Waals surface area contributed by atoms with Crippen LogP contribution >= 0.6 is 0 Å². The number of hydrogen-bond acceptors (Lipinski definition) is 2. The molecular weight excluding hydrogens is 224 g/mol. The standard InChI is InChI=1S/C15H22N2O/c1-10-5-4-6-13(10)17-14-8-7-12(9-11(14)2)15(18)16-3/h7-10,13,17H,4-6H2,1-3H3,(H,16,18). The topological polar surface area (TPSA) is 41.1 Å². The number of hydrogen-bond donors (Lipinski definition) is 2. The summed E-state index contributed by atoms with van der Waals surface area (Å²) in [5, 5.41) is 6.26. The zero-order chi connectivity index (χ0) is 13.1. The van der Waals surface area contributed by atoms with Crippen molar-refractivity contribution in [3.63, 3.8) is 0 Å². The first-order valence-electron chi connectivity index (χ1n) is 6.71. The van der Waals surface area contributed by atoms with Crippen molar-refractivity contribution in [2.75, 3.05) is 12.4 Å². The zero-order valence-corrected chi connectivity index (χ0v) is 11.4. The maximum atomic E-state index is 11.5. The van der Waals surface area contributed by atoms with Crippen LogP contribution in [0.5, 0.6) is 0 Å². The second kappa shape index (κ2) is 5.42. The summed E-state index contributed by atoms with van der Waals surface area (Å²) in [6.07, 6.45) is 3.87. The molecule has 0 aromatic heterocycles. The molecule has 0 spiro atoms. The molecule has 1 aromatic carbocycles. The number of carbonyl (C=O) groups is 1. The lowest BCUT2D eigenvalue weighted by Crippen LogP contribution is -2.22. The van der Waals surface area contributed by atoms with E-state index in [0.29, 0.717) is 6.04 Å². The number of aryl methyl sites for hydroxylation is 1. The van der Waals surface area contributed by atoms with E-state index in [4.69, 9.17) is 0 Å². The predicted molar refractivity (Wildman–Crippen MR) is 75.0 cm³/mol. The summed E-state index contributed by atoms with van der Waals surface area (Å²) in [5.74, 6) is 0.710. The third-order valence-corrected chi connectivity index (χ3v) is 3.92. The Kier molecular flexibility index (Phi) is 3.90. The summed E-state index contributed by atoms with van der Waals surface area (Å²) in [5.41, 5.74) is 3.01. The monoisotopic (exact) mass is 246 g/mol. The van der Waals surface area contributed by atoms with Crippen molar-refractivity contribution >= 4 is 11.6 Å². The van der Waals surface area contributed by atoms with E-state index >= 15 is 0 Å². The van der Waals surface area contributed by atoms with Gasteiger partial charge >= 0.3 is 0 Å². The molecule has 2 rings (SSSR count). The minimum Gasteiger partial charge on any atom is -0.382 e. The van der Waals surface area contributed by atoms with Gasteiger partial charge in [-0.05, 0) is 49.4 Å². The smallest absolute Gasteiger partial charge is 0.251 e. The minimum absolute atomic E-state index is 0.0288. The molecule has 0 heterocycles. The third kappa shape index (κ3) is 2.66. The van der Waals surface area contributed by atoms with Crippen LogP contribution in [0.1, 0.15) is 42.1 Å². The molecule has 1 aliphatic rings. The summed E-state index contributed by atoms with van der Waals surface area (Å²) in [4.78, 5) is 11.5. The maximum Gasteiger partial charge on any atom is 0.251 e. The Hall–Kier alpha value is -1.51. The van der Waals surface area contributed by atoms with E-state index in [1.165, 1.54) is 19.3 Å². The van der Waals surface area contributed by atoms with Gasteiger partial charge in [-0.3, -0.25) is 4.79 Å². The highest BCUT2D eigenvalue weighted by Gasteiger charge is 2.23. The highest BCUT2D eigenvalue weighted by molar-refractivity contribution is 5.94. The second-order valence-corrected chi connectivity index (χ2v) is 5.27. The van der Waals surface area contributed by atoms with Crippen LogP contribution in [0.25, 0.3) is 0 Å². The molecule has 1 aliphatic carbocycles. The van der Waals surface area contributed by atoms with Crippen LogP contribution in [0.3, 0.4) is 0 Å². The van der Waals surface area contributed by atoms with Crippen LogP contribution < -0.4 is 10.6 Å². The number of benzene rings is 1. The largest absolute Gasteiger partial charge is 0.382 e. The minimum atomic E-state index is -0.0288. The predicted octanol–water partition coefficient (Wildman–Crippen LogP) is 2.96. The number of nitrogens with one attached hydrogen (secondary N) is 2. The molecule has 3 heteroatoms. The van der Waals surface area contributed by atoms with Gasteiger partial charge in [-0.2, -0.15) is 0 Å². The second-order valence-electron chi connectivity index (χ2n) is 5.27. The van der Waals surface area contributed by atoms with Gasteiger partial charge < -0.3 is 10.6 Å². The SMILES string of the molecule is CNC(=O)c1ccc(NC2CCCC2C)c(C)c1. The van der Waals surface area contributed by atoms with Crippen molar-refractivity contribution in [3.05, 3.63) is 29.3 Å². The van der Waals surface area contributed by atoms with Crippen LogP contribution in [-0.2, 0) is 0 Å². The molecule has 1 saturated carbocycles. The van der Waals surface area contributed by atoms with Crippen LogP contribution in [0.15, 0.2) is 18.2 Å². The molecule has 2 atom stereocenters. The molecule has 2 N–H and O–H groups in total. The maximum absolute atomic E-state index is 11.5. The Morgan fingerprint density at radius 1 is 1.33 bits per heavy atom. The van der Waals surface area contributed by atoms with Gasteiger partial charge in [-0.15, -0.1) is 0 Å². The Balaban J connectivity index is 2.12. The van der Waals surface area contributed by atoms with Gasteiger partial charge in [-0.1, -0.05) is 13.3 Å². The quantitative estimate of drug-likeness (QED) is 0.861. The summed E-state index contributed by atoms with van der Waals surface area (Å²) in [6.45, 7) is 4.35. The lowest BCUT2D eigenvalue weighted by atomic mass is 10.0. The molecule has 3 nitrogen and oxygen atoms in total. The van der Waals surface area contributed by atoms with E-state index in [2.05, 4.69) is 17.6 Å². The zero-order valence-electron chi connectivity index (χ0n) is 11.4.